The number of piperazine rings is 1. The Morgan fingerprint density at radius 3 is 2.25 bits per heavy atom. The van der Waals surface area contributed by atoms with E-state index in [2.05, 4.69) is 35.8 Å². The minimum absolute atomic E-state index is 0.128. The first-order chi connectivity index (χ1) is 9.61. The quantitative estimate of drug-likeness (QED) is 0.832. The normalized spacial score (nSPS) is 16.7. The van der Waals surface area contributed by atoms with Crippen molar-refractivity contribution in [1.29, 1.82) is 0 Å². The van der Waals surface area contributed by atoms with Crippen LogP contribution in [-0.2, 0) is 0 Å². The number of hydrogen-bond acceptors (Lipinski definition) is 4. The van der Waals surface area contributed by atoms with Gasteiger partial charge in [-0.2, -0.15) is 0 Å². The number of Topliss-reactive ketones (excluding diaryl/α,β-unsaturated/α-hetero) is 1. The fourth-order valence-electron chi connectivity index (χ4n) is 2.63. The van der Waals surface area contributed by atoms with Crippen molar-refractivity contribution in [1.82, 2.24) is 4.90 Å². The van der Waals surface area contributed by atoms with Gasteiger partial charge in [0.1, 0.15) is 0 Å². The SMILES string of the molecule is CC(C)N1CCN(c2ccc(C(=O)CCN)cc2)CC1. The minimum Gasteiger partial charge on any atom is -0.369 e. The topological polar surface area (TPSA) is 49.6 Å². The Morgan fingerprint density at radius 1 is 1.15 bits per heavy atom. The van der Waals surface area contributed by atoms with Crippen molar-refractivity contribution in [2.45, 2.75) is 26.3 Å². The van der Waals surface area contributed by atoms with Crippen LogP contribution < -0.4 is 10.6 Å². The summed E-state index contributed by atoms with van der Waals surface area (Å²) < 4.78 is 0. The molecule has 4 heteroatoms. The molecular formula is C16H25N3O. The number of carbonyl (C=O) groups excluding carboxylic acids is 1. The van der Waals surface area contributed by atoms with Crippen molar-refractivity contribution < 1.29 is 4.79 Å². The first-order valence-corrected chi connectivity index (χ1v) is 7.44. The molecule has 0 aliphatic carbocycles. The molecule has 1 saturated heterocycles. The third kappa shape index (κ3) is 3.58. The number of carbonyl (C=O) groups is 1. The van der Waals surface area contributed by atoms with Gasteiger partial charge in [0.15, 0.2) is 5.78 Å². The van der Waals surface area contributed by atoms with Gasteiger partial charge in [-0.3, -0.25) is 9.69 Å². The number of anilines is 1. The number of nitrogens with two attached hydrogens (primary N) is 1. The zero-order valence-corrected chi connectivity index (χ0v) is 12.5. The van der Waals surface area contributed by atoms with Gasteiger partial charge in [-0.05, 0) is 44.7 Å². The number of benzene rings is 1. The third-order valence-electron chi connectivity index (χ3n) is 3.97. The summed E-state index contributed by atoms with van der Waals surface area (Å²) in [5, 5.41) is 0. The maximum absolute atomic E-state index is 11.7. The Labute approximate surface area is 121 Å². The lowest BCUT2D eigenvalue weighted by Gasteiger charge is -2.38. The molecule has 20 heavy (non-hydrogen) atoms. The van der Waals surface area contributed by atoms with Gasteiger partial charge in [0.25, 0.3) is 0 Å². The van der Waals surface area contributed by atoms with Crippen molar-refractivity contribution in [2.75, 3.05) is 37.6 Å². The molecule has 0 aromatic heterocycles. The van der Waals surface area contributed by atoms with Crippen molar-refractivity contribution in [2.24, 2.45) is 5.73 Å². The van der Waals surface area contributed by atoms with E-state index in [9.17, 15) is 4.79 Å². The third-order valence-corrected chi connectivity index (χ3v) is 3.97. The fourth-order valence-corrected chi connectivity index (χ4v) is 2.63. The van der Waals surface area contributed by atoms with Crippen molar-refractivity contribution in [3.63, 3.8) is 0 Å². The monoisotopic (exact) mass is 275 g/mol. The van der Waals surface area contributed by atoms with Crippen LogP contribution in [0.2, 0.25) is 0 Å². The molecule has 1 heterocycles. The highest BCUT2D eigenvalue weighted by molar-refractivity contribution is 5.96. The van der Waals surface area contributed by atoms with E-state index in [0.29, 0.717) is 19.0 Å². The first kappa shape index (κ1) is 15.0. The second-order valence-electron chi connectivity index (χ2n) is 5.63. The van der Waals surface area contributed by atoms with Crippen molar-refractivity contribution in [3.8, 4) is 0 Å². The summed E-state index contributed by atoms with van der Waals surface area (Å²) in [5.41, 5.74) is 7.39. The van der Waals surface area contributed by atoms with E-state index in [1.807, 2.05) is 12.1 Å². The molecule has 2 rings (SSSR count). The minimum atomic E-state index is 0.128. The van der Waals surface area contributed by atoms with Crippen molar-refractivity contribution in [3.05, 3.63) is 29.8 Å². The van der Waals surface area contributed by atoms with Crippen LogP contribution in [-0.4, -0.2) is 49.4 Å². The van der Waals surface area contributed by atoms with E-state index in [0.717, 1.165) is 31.7 Å². The highest BCUT2D eigenvalue weighted by Crippen LogP contribution is 2.18. The molecule has 1 fully saturated rings. The van der Waals surface area contributed by atoms with Gasteiger partial charge in [0.05, 0.1) is 0 Å². The molecule has 0 unspecified atom stereocenters. The van der Waals surface area contributed by atoms with Crippen LogP contribution in [0.4, 0.5) is 5.69 Å². The van der Waals surface area contributed by atoms with Gasteiger partial charge in [-0.15, -0.1) is 0 Å². The molecule has 0 saturated carbocycles. The molecule has 110 valence electrons. The Bertz CT molecular complexity index is 434. The first-order valence-electron chi connectivity index (χ1n) is 7.44. The lowest BCUT2D eigenvalue weighted by molar-refractivity contribution is 0.0985. The second kappa shape index (κ2) is 6.86. The van der Waals surface area contributed by atoms with Crippen LogP contribution in [0.1, 0.15) is 30.6 Å². The lowest BCUT2D eigenvalue weighted by atomic mass is 10.1. The Balaban J connectivity index is 1.96. The zero-order valence-electron chi connectivity index (χ0n) is 12.5. The van der Waals surface area contributed by atoms with Gasteiger partial charge in [-0.1, -0.05) is 0 Å². The summed E-state index contributed by atoms with van der Waals surface area (Å²) in [6.07, 6.45) is 0.423. The molecule has 1 aliphatic heterocycles. The number of hydrogen-bond donors (Lipinski definition) is 1. The molecule has 2 N–H and O–H groups in total. The van der Waals surface area contributed by atoms with Gasteiger partial charge in [-0.25, -0.2) is 0 Å². The average molecular weight is 275 g/mol. The fraction of sp³-hybridized carbons (Fsp3) is 0.562. The van der Waals surface area contributed by atoms with E-state index in [1.165, 1.54) is 5.69 Å². The molecule has 4 nitrogen and oxygen atoms in total. The summed E-state index contributed by atoms with van der Waals surface area (Å²) in [4.78, 5) is 16.6. The number of ketones is 1. The highest BCUT2D eigenvalue weighted by atomic mass is 16.1. The zero-order chi connectivity index (χ0) is 14.5. The molecule has 1 aromatic carbocycles. The molecule has 0 spiro atoms. The van der Waals surface area contributed by atoms with E-state index in [4.69, 9.17) is 5.73 Å². The smallest absolute Gasteiger partial charge is 0.164 e. The van der Waals surface area contributed by atoms with Gasteiger partial charge < -0.3 is 10.6 Å². The molecule has 1 aliphatic rings. The summed E-state index contributed by atoms with van der Waals surface area (Å²) in [6, 6.07) is 8.56. The highest BCUT2D eigenvalue weighted by Gasteiger charge is 2.19. The van der Waals surface area contributed by atoms with E-state index < -0.39 is 0 Å². The van der Waals surface area contributed by atoms with E-state index in [-0.39, 0.29) is 5.78 Å². The van der Waals surface area contributed by atoms with Gasteiger partial charge in [0, 0.05) is 49.9 Å². The van der Waals surface area contributed by atoms with Crippen LogP contribution in [0, 0.1) is 0 Å². The summed E-state index contributed by atoms with van der Waals surface area (Å²) in [7, 11) is 0. The van der Waals surface area contributed by atoms with Gasteiger partial charge in [0.2, 0.25) is 0 Å². The molecule has 0 radical (unpaired) electrons. The molecular weight excluding hydrogens is 250 g/mol. The maximum Gasteiger partial charge on any atom is 0.164 e. The maximum atomic E-state index is 11.7. The molecule has 0 bridgehead atoms. The number of nitrogens with zero attached hydrogens (tertiary/aromatic N) is 2. The molecule has 0 amide bonds. The number of rotatable bonds is 5. The van der Waals surface area contributed by atoms with Crippen LogP contribution >= 0.6 is 0 Å². The van der Waals surface area contributed by atoms with Gasteiger partial charge >= 0.3 is 0 Å². The Hall–Kier alpha value is -1.39. The Morgan fingerprint density at radius 2 is 1.75 bits per heavy atom. The average Bonchev–Trinajstić information content (AvgIpc) is 2.48. The Kier molecular flexibility index (Phi) is 5.15. The summed E-state index contributed by atoms with van der Waals surface area (Å²) in [5.74, 6) is 0.128. The van der Waals surface area contributed by atoms with Crippen LogP contribution in [0.25, 0.3) is 0 Å². The molecule has 1 aromatic rings. The standard InChI is InChI=1S/C16H25N3O/c1-13(2)18-9-11-19(12-10-18)15-5-3-14(4-6-15)16(20)7-8-17/h3-6,13H,7-12,17H2,1-2H3. The van der Waals surface area contributed by atoms with Crippen LogP contribution in [0.3, 0.4) is 0 Å². The summed E-state index contributed by atoms with van der Waals surface area (Å²) >= 11 is 0. The van der Waals surface area contributed by atoms with E-state index >= 15 is 0 Å². The predicted molar refractivity (Wildman–Crippen MR) is 83.4 cm³/mol. The summed E-state index contributed by atoms with van der Waals surface area (Å²) in [6.45, 7) is 9.21. The van der Waals surface area contributed by atoms with Crippen LogP contribution in [0.15, 0.2) is 24.3 Å². The predicted octanol–water partition coefficient (Wildman–Crippen LogP) is 1.75. The lowest BCUT2D eigenvalue weighted by Crippen LogP contribution is -2.48. The van der Waals surface area contributed by atoms with Crippen LogP contribution in [0.5, 0.6) is 0 Å². The largest absolute Gasteiger partial charge is 0.369 e. The van der Waals surface area contributed by atoms with Crippen molar-refractivity contribution >= 4 is 11.5 Å². The second-order valence-corrected chi connectivity index (χ2v) is 5.63. The van der Waals surface area contributed by atoms with E-state index in [1.54, 1.807) is 0 Å². The molecule has 0 atom stereocenters.